The van der Waals surface area contributed by atoms with E-state index in [0.29, 0.717) is 0 Å². The highest BCUT2D eigenvalue weighted by atomic mass is 15.4. The molecule has 3 heteroatoms. The van der Waals surface area contributed by atoms with Gasteiger partial charge in [-0.1, -0.05) is 19.3 Å². The molecule has 2 atom stereocenters. The standard InChI is InChI=1S/C13H25N3/c1-14-12(9-11-3-2-4-11)13-10-15-5-7-16(13)8-6-15/h11-14H,2-10H2,1H3. The maximum Gasteiger partial charge on any atom is 0.0377 e. The molecule has 0 radical (unpaired) electrons. The Morgan fingerprint density at radius 2 is 1.94 bits per heavy atom. The van der Waals surface area contributed by atoms with E-state index in [1.165, 1.54) is 58.4 Å². The number of nitrogens with one attached hydrogen (secondary N) is 1. The first-order valence-electron chi connectivity index (χ1n) is 7.00. The third kappa shape index (κ3) is 2.01. The van der Waals surface area contributed by atoms with Crippen LogP contribution in [-0.4, -0.2) is 61.7 Å². The molecule has 4 fully saturated rings. The quantitative estimate of drug-likeness (QED) is 0.759. The SMILES string of the molecule is CNC(CC1CCC1)C1CN2CCN1CC2. The Labute approximate surface area is 99.2 Å². The summed E-state index contributed by atoms with van der Waals surface area (Å²) in [5.74, 6) is 1.02. The van der Waals surface area contributed by atoms with Crippen molar-refractivity contribution in [1.82, 2.24) is 15.1 Å². The van der Waals surface area contributed by atoms with Crippen LogP contribution in [0.25, 0.3) is 0 Å². The van der Waals surface area contributed by atoms with Crippen LogP contribution < -0.4 is 5.32 Å². The van der Waals surface area contributed by atoms with Crippen molar-refractivity contribution in [2.24, 2.45) is 5.92 Å². The molecule has 3 aliphatic heterocycles. The summed E-state index contributed by atoms with van der Waals surface area (Å²) >= 11 is 0. The molecule has 1 N–H and O–H groups in total. The minimum absolute atomic E-state index is 0.730. The number of hydrogen-bond donors (Lipinski definition) is 1. The van der Waals surface area contributed by atoms with Crippen molar-refractivity contribution in [1.29, 1.82) is 0 Å². The van der Waals surface area contributed by atoms with Crippen LogP contribution in [0.3, 0.4) is 0 Å². The lowest BCUT2D eigenvalue weighted by atomic mass is 9.79. The molecule has 0 aromatic carbocycles. The van der Waals surface area contributed by atoms with Crippen molar-refractivity contribution in [2.45, 2.75) is 37.8 Å². The molecule has 3 nitrogen and oxygen atoms in total. The first-order valence-corrected chi connectivity index (χ1v) is 7.00. The van der Waals surface area contributed by atoms with Crippen LogP contribution in [0.4, 0.5) is 0 Å². The predicted molar refractivity (Wildman–Crippen MR) is 66.6 cm³/mol. The summed E-state index contributed by atoms with van der Waals surface area (Å²) in [4.78, 5) is 5.37. The maximum absolute atomic E-state index is 3.59. The summed E-state index contributed by atoms with van der Waals surface area (Å²) in [5.41, 5.74) is 0. The van der Waals surface area contributed by atoms with Gasteiger partial charge in [0.25, 0.3) is 0 Å². The van der Waals surface area contributed by atoms with Crippen LogP contribution in [0.2, 0.25) is 0 Å². The molecule has 0 aromatic rings. The fourth-order valence-corrected chi connectivity index (χ4v) is 3.59. The second-order valence-corrected chi connectivity index (χ2v) is 5.83. The molecule has 16 heavy (non-hydrogen) atoms. The Bertz CT molecular complexity index is 231. The second-order valence-electron chi connectivity index (χ2n) is 5.83. The van der Waals surface area contributed by atoms with Gasteiger partial charge < -0.3 is 5.32 Å². The van der Waals surface area contributed by atoms with Crippen molar-refractivity contribution in [3.63, 3.8) is 0 Å². The molecule has 3 heterocycles. The average molecular weight is 223 g/mol. The Morgan fingerprint density at radius 3 is 2.38 bits per heavy atom. The van der Waals surface area contributed by atoms with E-state index in [-0.39, 0.29) is 0 Å². The van der Waals surface area contributed by atoms with Gasteiger partial charge in [0.2, 0.25) is 0 Å². The van der Waals surface area contributed by atoms with Gasteiger partial charge in [0.15, 0.2) is 0 Å². The van der Waals surface area contributed by atoms with Crippen LogP contribution >= 0.6 is 0 Å². The van der Waals surface area contributed by atoms with Crippen molar-refractivity contribution >= 4 is 0 Å². The Hall–Kier alpha value is -0.120. The van der Waals surface area contributed by atoms with Crippen LogP contribution in [0.1, 0.15) is 25.7 Å². The zero-order valence-electron chi connectivity index (χ0n) is 10.5. The van der Waals surface area contributed by atoms with E-state index in [1.807, 2.05) is 0 Å². The van der Waals surface area contributed by atoms with Crippen molar-refractivity contribution < 1.29 is 0 Å². The Kier molecular flexibility index (Phi) is 3.18. The summed E-state index contributed by atoms with van der Waals surface area (Å²) in [6.07, 6.45) is 5.84. The second kappa shape index (κ2) is 4.63. The van der Waals surface area contributed by atoms with E-state index in [4.69, 9.17) is 0 Å². The van der Waals surface area contributed by atoms with E-state index in [0.717, 1.165) is 18.0 Å². The fraction of sp³-hybridized carbons (Fsp3) is 1.00. The van der Waals surface area contributed by atoms with Gasteiger partial charge in [-0.15, -0.1) is 0 Å². The smallest absolute Gasteiger partial charge is 0.0377 e. The third-order valence-electron chi connectivity index (χ3n) is 4.97. The largest absolute Gasteiger partial charge is 0.315 e. The summed E-state index contributed by atoms with van der Waals surface area (Å²) in [6, 6.07) is 1.52. The van der Waals surface area contributed by atoms with Gasteiger partial charge >= 0.3 is 0 Å². The number of likely N-dealkylation sites (N-methyl/N-ethyl adjacent to an activating group) is 1. The third-order valence-corrected chi connectivity index (χ3v) is 4.97. The minimum atomic E-state index is 0.730. The topological polar surface area (TPSA) is 18.5 Å². The monoisotopic (exact) mass is 223 g/mol. The molecule has 0 aromatic heterocycles. The van der Waals surface area contributed by atoms with Gasteiger partial charge in [0.05, 0.1) is 0 Å². The molecule has 2 unspecified atom stereocenters. The Balaban J connectivity index is 1.60. The summed E-state index contributed by atoms with van der Waals surface area (Å²) < 4.78 is 0. The molecule has 4 rings (SSSR count). The van der Waals surface area contributed by atoms with Gasteiger partial charge in [-0.25, -0.2) is 0 Å². The van der Waals surface area contributed by atoms with Gasteiger partial charge in [-0.2, -0.15) is 0 Å². The highest BCUT2D eigenvalue weighted by Gasteiger charge is 2.37. The number of nitrogens with zero attached hydrogens (tertiary/aromatic N) is 2. The van der Waals surface area contributed by atoms with Crippen molar-refractivity contribution in [2.75, 3.05) is 39.8 Å². The van der Waals surface area contributed by atoms with E-state index >= 15 is 0 Å². The van der Waals surface area contributed by atoms with Crippen molar-refractivity contribution in [3.05, 3.63) is 0 Å². The predicted octanol–water partition coefficient (Wildman–Crippen LogP) is 0.764. The van der Waals surface area contributed by atoms with E-state index < -0.39 is 0 Å². The summed E-state index contributed by atoms with van der Waals surface area (Å²) in [7, 11) is 2.15. The molecule has 92 valence electrons. The number of hydrogen-bond acceptors (Lipinski definition) is 3. The normalized spacial score (nSPS) is 40.7. The highest BCUT2D eigenvalue weighted by Crippen LogP contribution is 2.32. The molecule has 0 spiro atoms. The molecule has 2 bridgehead atoms. The lowest BCUT2D eigenvalue weighted by Crippen LogP contribution is -2.66. The molecule has 3 saturated heterocycles. The lowest BCUT2D eigenvalue weighted by molar-refractivity contribution is -0.00771. The first-order chi connectivity index (χ1) is 7.86. The minimum Gasteiger partial charge on any atom is -0.315 e. The molecular formula is C13H25N3. The van der Waals surface area contributed by atoms with Crippen LogP contribution in [-0.2, 0) is 0 Å². The molecule has 1 saturated carbocycles. The van der Waals surface area contributed by atoms with E-state index in [9.17, 15) is 0 Å². The van der Waals surface area contributed by atoms with Gasteiger partial charge in [-0.05, 0) is 19.4 Å². The number of fused-ring (bicyclic) bond motifs is 3. The molecule has 1 aliphatic carbocycles. The van der Waals surface area contributed by atoms with E-state index in [1.54, 1.807) is 0 Å². The number of rotatable bonds is 4. The molecular weight excluding hydrogens is 198 g/mol. The van der Waals surface area contributed by atoms with Crippen LogP contribution in [0, 0.1) is 5.92 Å². The highest BCUT2D eigenvalue weighted by molar-refractivity contribution is 4.95. The Morgan fingerprint density at radius 1 is 1.19 bits per heavy atom. The lowest BCUT2D eigenvalue weighted by Gasteiger charge is -2.51. The van der Waals surface area contributed by atoms with Crippen LogP contribution in [0.15, 0.2) is 0 Å². The first kappa shape index (κ1) is 11.0. The van der Waals surface area contributed by atoms with Gasteiger partial charge in [0.1, 0.15) is 0 Å². The summed E-state index contributed by atoms with van der Waals surface area (Å²) in [6.45, 7) is 6.51. The van der Waals surface area contributed by atoms with Crippen LogP contribution in [0.5, 0.6) is 0 Å². The maximum atomic E-state index is 3.59. The fourth-order valence-electron chi connectivity index (χ4n) is 3.59. The zero-order valence-corrected chi connectivity index (χ0v) is 10.5. The van der Waals surface area contributed by atoms with Crippen molar-refractivity contribution in [3.8, 4) is 0 Å². The van der Waals surface area contributed by atoms with Gasteiger partial charge in [0, 0.05) is 44.8 Å². The average Bonchev–Trinajstić information content (AvgIpc) is 2.29. The molecule has 0 amide bonds. The number of piperazine rings is 3. The summed E-state index contributed by atoms with van der Waals surface area (Å²) in [5, 5.41) is 3.59. The van der Waals surface area contributed by atoms with E-state index in [2.05, 4.69) is 22.2 Å². The zero-order chi connectivity index (χ0) is 11.0. The molecule has 4 aliphatic rings. The van der Waals surface area contributed by atoms with Gasteiger partial charge in [-0.3, -0.25) is 9.80 Å².